The van der Waals surface area contributed by atoms with Gasteiger partial charge in [0.2, 0.25) is 0 Å². The van der Waals surface area contributed by atoms with Crippen molar-refractivity contribution in [2.24, 2.45) is 10.7 Å². The van der Waals surface area contributed by atoms with Gasteiger partial charge in [-0.2, -0.15) is 0 Å². The van der Waals surface area contributed by atoms with Crippen molar-refractivity contribution in [2.45, 2.75) is 50.2 Å². The molecule has 2 heterocycles. The molecule has 5 rings (SSSR count). The average molecular weight is 370 g/mol. The third-order valence-electron chi connectivity index (χ3n) is 6.52. The molecule has 0 radical (unpaired) electrons. The number of fused-ring (bicyclic) bond motifs is 1. The van der Waals surface area contributed by atoms with Crippen LogP contribution in [0, 0.1) is 0 Å². The van der Waals surface area contributed by atoms with E-state index in [4.69, 9.17) is 10.7 Å². The first kappa shape index (κ1) is 17.4. The van der Waals surface area contributed by atoms with Crippen molar-refractivity contribution in [3.05, 3.63) is 95.2 Å². The van der Waals surface area contributed by atoms with Crippen LogP contribution in [0.15, 0.2) is 83.5 Å². The number of nitrogens with two attached hydrogens (primary N) is 1. The molecule has 2 aromatic rings. The summed E-state index contributed by atoms with van der Waals surface area (Å²) in [6, 6.07) is 19.9. The first-order valence-electron chi connectivity index (χ1n) is 10.4. The lowest BCUT2D eigenvalue weighted by molar-refractivity contribution is 0.253. The third-order valence-corrected chi connectivity index (χ3v) is 6.52. The highest BCUT2D eigenvalue weighted by Crippen LogP contribution is 2.45. The van der Waals surface area contributed by atoms with E-state index in [1.54, 1.807) is 0 Å². The lowest BCUT2D eigenvalue weighted by Crippen LogP contribution is -2.43. The number of hydrogen-bond donors (Lipinski definition) is 1. The van der Waals surface area contributed by atoms with Crippen LogP contribution in [0.4, 0.5) is 0 Å². The Balaban J connectivity index is 1.53. The van der Waals surface area contributed by atoms with Gasteiger partial charge in [0.1, 0.15) is 11.9 Å². The zero-order valence-corrected chi connectivity index (χ0v) is 16.4. The topological polar surface area (TPSA) is 41.6 Å². The maximum absolute atomic E-state index is 6.52. The Hall–Kier alpha value is -2.65. The van der Waals surface area contributed by atoms with Gasteiger partial charge in [-0.25, -0.2) is 0 Å². The Morgan fingerprint density at radius 3 is 2.43 bits per heavy atom. The van der Waals surface area contributed by atoms with E-state index >= 15 is 0 Å². The highest BCUT2D eigenvalue weighted by molar-refractivity contribution is 5.97. The summed E-state index contributed by atoms with van der Waals surface area (Å²) in [6.07, 6.45) is 11.1. The SMILES string of the molecule is CCC1=CC2=NC(c3ccc(C4(N)CCC4)cc3)C(c3ccccc3)N2C=C1. The van der Waals surface area contributed by atoms with Crippen LogP contribution in [0.5, 0.6) is 0 Å². The highest BCUT2D eigenvalue weighted by Gasteiger charge is 2.38. The van der Waals surface area contributed by atoms with Crippen molar-refractivity contribution >= 4 is 5.84 Å². The van der Waals surface area contributed by atoms with E-state index in [-0.39, 0.29) is 17.6 Å². The Labute approximate surface area is 167 Å². The molecule has 0 saturated heterocycles. The van der Waals surface area contributed by atoms with Gasteiger partial charge in [0, 0.05) is 11.7 Å². The quantitative estimate of drug-likeness (QED) is 0.785. The maximum atomic E-state index is 6.52. The van der Waals surface area contributed by atoms with Gasteiger partial charge in [-0.15, -0.1) is 0 Å². The van der Waals surface area contributed by atoms with E-state index in [9.17, 15) is 0 Å². The largest absolute Gasteiger partial charge is 0.323 e. The molecular formula is C25H27N3. The van der Waals surface area contributed by atoms with Crippen LogP contribution in [0.3, 0.4) is 0 Å². The Kier molecular flexibility index (Phi) is 4.21. The zero-order valence-electron chi connectivity index (χ0n) is 16.4. The van der Waals surface area contributed by atoms with Crippen LogP contribution in [-0.2, 0) is 5.54 Å². The third kappa shape index (κ3) is 2.82. The second kappa shape index (κ2) is 6.75. The second-order valence-electron chi connectivity index (χ2n) is 8.22. The Morgan fingerprint density at radius 2 is 1.79 bits per heavy atom. The first-order chi connectivity index (χ1) is 13.7. The summed E-state index contributed by atoms with van der Waals surface area (Å²) in [7, 11) is 0. The van der Waals surface area contributed by atoms with E-state index in [1.165, 1.54) is 28.7 Å². The summed E-state index contributed by atoms with van der Waals surface area (Å²) in [5.74, 6) is 1.07. The molecule has 1 aliphatic carbocycles. The number of nitrogens with zero attached hydrogens (tertiary/aromatic N) is 2. The molecule has 2 aliphatic heterocycles. The van der Waals surface area contributed by atoms with E-state index in [0.717, 1.165) is 25.1 Å². The summed E-state index contributed by atoms with van der Waals surface area (Å²) in [5, 5.41) is 0. The lowest BCUT2D eigenvalue weighted by atomic mass is 9.72. The number of amidine groups is 1. The van der Waals surface area contributed by atoms with Gasteiger partial charge in [0.05, 0.1) is 6.04 Å². The van der Waals surface area contributed by atoms with E-state index in [2.05, 4.69) is 84.8 Å². The minimum Gasteiger partial charge on any atom is -0.323 e. The molecule has 0 bridgehead atoms. The van der Waals surface area contributed by atoms with Gasteiger partial charge >= 0.3 is 0 Å². The van der Waals surface area contributed by atoms with Crippen LogP contribution in [0.1, 0.15) is 61.4 Å². The monoisotopic (exact) mass is 369 g/mol. The van der Waals surface area contributed by atoms with Gasteiger partial charge < -0.3 is 10.6 Å². The Morgan fingerprint density at radius 1 is 1.04 bits per heavy atom. The van der Waals surface area contributed by atoms with Crippen molar-refractivity contribution in [2.75, 3.05) is 0 Å². The maximum Gasteiger partial charge on any atom is 0.129 e. The van der Waals surface area contributed by atoms with Crippen LogP contribution < -0.4 is 5.73 Å². The van der Waals surface area contributed by atoms with Crippen LogP contribution in [-0.4, -0.2) is 10.7 Å². The summed E-state index contributed by atoms with van der Waals surface area (Å²) < 4.78 is 0. The molecule has 0 amide bonds. The summed E-state index contributed by atoms with van der Waals surface area (Å²) in [5.41, 5.74) is 11.5. The Bertz CT molecular complexity index is 949. The molecule has 2 atom stereocenters. The molecule has 2 N–H and O–H groups in total. The normalized spacial score (nSPS) is 25.0. The number of rotatable bonds is 4. The second-order valence-corrected chi connectivity index (χ2v) is 8.22. The molecule has 28 heavy (non-hydrogen) atoms. The minimum absolute atomic E-state index is 0.0821. The fourth-order valence-corrected chi connectivity index (χ4v) is 4.57. The molecule has 1 fully saturated rings. The van der Waals surface area contributed by atoms with Gasteiger partial charge in [-0.05, 0) is 60.1 Å². The zero-order chi connectivity index (χ0) is 19.1. The first-order valence-corrected chi connectivity index (χ1v) is 10.4. The predicted octanol–water partition coefficient (Wildman–Crippen LogP) is 5.38. The van der Waals surface area contributed by atoms with Crippen molar-refractivity contribution in [1.82, 2.24) is 4.90 Å². The van der Waals surface area contributed by atoms with Gasteiger partial charge in [0.15, 0.2) is 0 Å². The number of aliphatic imine (C=N–C) groups is 1. The molecule has 1 saturated carbocycles. The fourth-order valence-electron chi connectivity index (χ4n) is 4.57. The fraction of sp³-hybridized carbons (Fsp3) is 0.320. The molecular weight excluding hydrogens is 342 g/mol. The highest BCUT2D eigenvalue weighted by atomic mass is 15.3. The van der Waals surface area contributed by atoms with Crippen molar-refractivity contribution in [3.63, 3.8) is 0 Å². The summed E-state index contributed by atoms with van der Waals surface area (Å²) in [6.45, 7) is 2.19. The number of benzene rings is 2. The number of allylic oxidation sites excluding steroid dienone is 2. The predicted molar refractivity (Wildman–Crippen MR) is 115 cm³/mol. The molecule has 0 aromatic heterocycles. The molecule has 142 valence electrons. The standard InChI is InChI=1S/C25H27N3/c1-2-18-13-16-28-22(17-18)27-23(24(28)20-7-4-3-5-8-20)19-9-11-21(12-10-19)25(26)14-6-15-25/h3-5,7-13,16-17,23-24H,2,6,14-15,26H2,1H3. The number of hydrogen-bond acceptors (Lipinski definition) is 3. The molecule has 3 aliphatic rings. The van der Waals surface area contributed by atoms with E-state index in [0.29, 0.717) is 0 Å². The smallest absolute Gasteiger partial charge is 0.129 e. The molecule has 2 unspecified atom stereocenters. The average Bonchev–Trinajstić information content (AvgIpc) is 3.11. The van der Waals surface area contributed by atoms with Gasteiger partial charge in [-0.3, -0.25) is 4.99 Å². The molecule has 3 heteroatoms. The van der Waals surface area contributed by atoms with Crippen molar-refractivity contribution in [3.8, 4) is 0 Å². The summed E-state index contributed by atoms with van der Waals surface area (Å²) in [4.78, 5) is 7.47. The van der Waals surface area contributed by atoms with Crippen molar-refractivity contribution < 1.29 is 0 Å². The minimum atomic E-state index is -0.113. The molecule has 2 aromatic carbocycles. The molecule has 0 spiro atoms. The summed E-state index contributed by atoms with van der Waals surface area (Å²) >= 11 is 0. The van der Waals surface area contributed by atoms with Crippen LogP contribution >= 0.6 is 0 Å². The van der Waals surface area contributed by atoms with Crippen LogP contribution in [0.25, 0.3) is 0 Å². The van der Waals surface area contributed by atoms with Gasteiger partial charge in [-0.1, -0.05) is 61.5 Å². The van der Waals surface area contributed by atoms with Gasteiger partial charge in [0.25, 0.3) is 0 Å². The lowest BCUT2D eigenvalue weighted by Gasteiger charge is -2.38. The van der Waals surface area contributed by atoms with E-state index < -0.39 is 0 Å². The van der Waals surface area contributed by atoms with Crippen LogP contribution in [0.2, 0.25) is 0 Å². The van der Waals surface area contributed by atoms with Crippen molar-refractivity contribution in [1.29, 1.82) is 0 Å². The van der Waals surface area contributed by atoms with E-state index in [1.807, 2.05) is 0 Å². The molecule has 3 nitrogen and oxygen atoms in total.